The lowest BCUT2D eigenvalue weighted by Crippen LogP contribution is -2.46. The highest BCUT2D eigenvalue weighted by molar-refractivity contribution is 8.00. The van der Waals surface area contributed by atoms with Gasteiger partial charge in [0.1, 0.15) is 0 Å². The van der Waals surface area contributed by atoms with Crippen molar-refractivity contribution in [3.05, 3.63) is 29.3 Å². The van der Waals surface area contributed by atoms with E-state index >= 15 is 0 Å². The van der Waals surface area contributed by atoms with Gasteiger partial charge in [0.2, 0.25) is 11.8 Å². The molecule has 1 rings (SSSR count). The van der Waals surface area contributed by atoms with Gasteiger partial charge in [-0.1, -0.05) is 11.6 Å². The number of thioether (sulfide) groups is 1. The average Bonchev–Trinajstić information content (AvgIpc) is 2.33. The fourth-order valence-corrected chi connectivity index (χ4v) is 2.23. The number of hydrogen-bond acceptors (Lipinski definition) is 3. The summed E-state index contributed by atoms with van der Waals surface area (Å²) in [6.45, 7) is 5.67. The summed E-state index contributed by atoms with van der Waals surface area (Å²) in [5.74, 6) is -0.0962. The fourth-order valence-electron chi connectivity index (χ4n) is 1.37. The van der Waals surface area contributed by atoms with Gasteiger partial charge in [-0.25, -0.2) is 0 Å². The van der Waals surface area contributed by atoms with Gasteiger partial charge in [-0.15, -0.1) is 11.8 Å². The third-order valence-electron chi connectivity index (χ3n) is 2.14. The maximum absolute atomic E-state index is 11.6. The van der Waals surface area contributed by atoms with Crippen molar-refractivity contribution in [2.24, 2.45) is 0 Å². The molecule has 0 aliphatic carbocycles. The molecule has 0 heterocycles. The molecule has 6 heteroatoms. The van der Waals surface area contributed by atoms with Crippen LogP contribution in [0.4, 0.5) is 0 Å². The number of carbonyl (C=O) groups excluding carboxylic acids is 2. The van der Waals surface area contributed by atoms with Gasteiger partial charge in [0.25, 0.3) is 0 Å². The van der Waals surface area contributed by atoms with E-state index in [9.17, 15) is 9.59 Å². The minimum atomic E-state index is -0.292. The summed E-state index contributed by atoms with van der Waals surface area (Å²) < 4.78 is 0. The van der Waals surface area contributed by atoms with Crippen LogP contribution < -0.4 is 10.6 Å². The number of carbonyl (C=O) groups is 2. The SMILES string of the molecule is CC(C)(C)NC(=O)CNC(=O)CSc1ccc(Cl)cc1. The summed E-state index contributed by atoms with van der Waals surface area (Å²) >= 11 is 7.18. The predicted octanol–water partition coefficient (Wildman–Crippen LogP) is 2.46. The Bertz CT molecular complexity index is 469. The van der Waals surface area contributed by atoms with Crippen LogP contribution in [0.5, 0.6) is 0 Å². The minimum Gasteiger partial charge on any atom is -0.350 e. The van der Waals surface area contributed by atoms with Crippen LogP contribution in [0.3, 0.4) is 0 Å². The normalized spacial score (nSPS) is 11.0. The maximum Gasteiger partial charge on any atom is 0.239 e. The summed E-state index contributed by atoms with van der Waals surface area (Å²) in [5, 5.41) is 6.03. The number of benzene rings is 1. The van der Waals surface area contributed by atoms with E-state index in [4.69, 9.17) is 11.6 Å². The molecule has 2 amide bonds. The van der Waals surface area contributed by atoms with Gasteiger partial charge in [0.05, 0.1) is 12.3 Å². The molecule has 1 aromatic carbocycles. The Hall–Kier alpha value is -1.20. The lowest BCUT2D eigenvalue weighted by molar-refractivity contribution is -0.125. The van der Waals surface area contributed by atoms with Crippen LogP contribution in [0.15, 0.2) is 29.2 Å². The van der Waals surface area contributed by atoms with Gasteiger partial charge in [-0.3, -0.25) is 9.59 Å². The molecule has 4 nitrogen and oxygen atoms in total. The van der Waals surface area contributed by atoms with E-state index in [0.717, 1.165) is 4.90 Å². The lowest BCUT2D eigenvalue weighted by atomic mass is 10.1. The van der Waals surface area contributed by atoms with Crippen molar-refractivity contribution in [3.63, 3.8) is 0 Å². The van der Waals surface area contributed by atoms with Crippen LogP contribution in [-0.2, 0) is 9.59 Å². The molecule has 0 aliphatic rings. The Balaban J connectivity index is 2.27. The molecule has 2 N–H and O–H groups in total. The van der Waals surface area contributed by atoms with Crippen molar-refractivity contribution in [2.45, 2.75) is 31.2 Å². The first-order chi connectivity index (χ1) is 9.26. The average molecular weight is 315 g/mol. The largest absolute Gasteiger partial charge is 0.350 e. The minimum absolute atomic E-state index is 0.00270. The lowest BCUT2D eigenvalue weighted by Gasteiger charge is -2.20. The van der Waals surface area contributed by atoms with Crippen LogP contribution in [0.25, 0.3) is 0 Å². The maximum atomic E-state index is 11.6. The number of hydrogen-bond donors (Lipinski definition) is 2. The molecule has 0 bridgehead atoms. The van der Waals surface area contributed by atoms with Crippen molar-refractivity contribution >= 4 is 35.2 Å². The first-order valence-corrected chi connectivity index (χ1v) is 7.59. The summed E-state index contributed by atoms with van der Waals surface area (Å²) in [6, 6.07) is 7.26. The second-order valence-electron chi connectivity index (χ2n) is 5.32. The molecule has 110 valence electrons. The van der Waals surface area contributed by atoms with E-state index in [0.29, 0.717) is 5.02 Å². The second kappa shape index (κ2) is 7.55. The molecule has 0 saturated heterocycles. The summed E-state index contributed by atoms with van der Waals surface area (Å²) in [4.78, 5) is 24.1. The van der Waals surface area contributed by atoms with Crippen LogP contribution in [0.1, 0.15) is 20.8 Å². The number of halogens is 1. The third kappa shape index (κ3) is 7.40. The van der Waals surface area contributed by atoms with Gasteiger partial charge in [-0.05, 0) is 45.0 Å². The van der Waals surface area contributed by atoms with E-state index in [1.54, 1.807) is 12.1 Å². The number of amides is 2. The Labute approximate surface area is 128 Å². The highest BCUT2D eigenvalue weighted by Gasteiger charge is 2.14. The number of rotatable bonds is 5. The van der Waals surface area contributed by atoms with Crippen molar-refractivity contribution in [2.75, 3.05) is 12.3 Å². The Morgan fingerprint density at radius 2 is 1.75 bits per heavy atom. The van der Waals surface area contributed by atoms with Crippen LogP contribution >= 0.6 is 23.4 Å². The standard InChI is InChI=1S/C14H19ClN2O2S/c1-14(2,3)17-12(18)8-16-13(19)9-20-11-6-4-10(15)5-7-11/h4-7H,8-9H2,1-3H3,(H,16,19)(H,17,18). The summed E-state index contributed by atoms with van der Waals surface area (Å²) in [7, 11) is 0. The molecule has 0 aliphatic heterocycles. The molecule has 0 fully saturated rings. The zero-order chi connectivity index (χ0) is 15.2. The van der Waals surface area contributed by atoms with Gasteiger partial charge in [-0.2, -0.15) is 0 Å². The zero-order valence-corrected chi connectivity index (χ0v) is 13.4. The monoisotopic (exact) mass is 314 g/mol. The van der Waals surface area contributed by atoms with Crippen molar-refractivity contribution in [1.82, 2.24) is 10.6 Å². The van der Waals surface area contributed by atoms with Crippen LogP contribution in [-0.4, -0.2) is 29.7 Å². The molecule has 0 unspecified atom stereocenters. The Morgan fingerprint density at radius 3 is 2.30 bits per heavy atom. The van der Waals surface area contributed by atoms with Crippen molar-refractivity contribution in [3.8, 4) is 0 Å². The Morgan fingerprint density at radius 1 is 1.15 bits per heavy atom. The van der Waals surface area contributed by atoms with Gasteiger partial charge in [0, 0.05) is 15.5 Å². The summed E-state index contributed by atoms with van der Waals surface area (Å²) in [5.41, 5.74) is -0.292. The predicted molar refractivity (Wildman–Crippen MR) is 83.1 cm³/mol. The van der Waals surface area contributed by atoms with E-state index in [-0.39, 0.29) is 29.7 Å². The highest BCUT2D eigenvalue weighted by atomic mass is 35.5. The van der Waals surface area contributed by atoms with Crippen molar-refractivity contribution in [1.29, 1.82) is 0 Å². The highest BCUT2D eigenvalue weighted by Crippen LogP contribution is 2.19. The third-order valence-corrected chi connectivity index (χ3v) is 3.41. The molecule has 1 aromatic rings. The molecular formula is C14H19ClN2O2S. The molecular weight excluding hydrogens is 296 g/mol. The van der Waals surface area contributed by atoms with E-state index in [2.05, 4.69) is 10.6 Å². The van der Waals surface area contributed by atoms with Crippen LogP contribution in [0.2, 0.25) is 5.02 Å². The molecule has 0 atom stereocenters. The smallest absolute Gasteiger partial charge is 0.239 e. The summed E-state index contributed by atoms with van der Waals surface area (Å²) in [6.07, 6.45) is 0. The first kappa shape index (κ1) is 16.9. The topological polar surface area (TPSA) is 58.2 Å². The van der Waals surface area contributed by atoms with Crippen LogP contribution in [0, 0.1) is 0 Å². The second-order valence-corrected chi connectivity index (χ2v) is 6.80. The number of nitrogens with one attached hydrogen (secondary N) is 2. The molecule has 0 spiro atoms. The molecule has 0 radical (unpaired) electrons. The van der Waals surface area contributed by atoms with E-state index in [1.165, 1.54) is 11.8 Å². The molecule has 0 aromatic heterocycles. The quantitative estimate of drug-likeness (QED) is 0.821. The Kier molecular flexibility index (Phi) is 6.36. The molecule has 0 saturated carbocycles. The van der Waals surface area contributed by atoms with E-state index < -0.39 is 0 Å². The molecule has 20 heavy (non-hydrogen) atoms. The fraction of sp³-hybridized carbons (Fsp3) is 0.429. The van der Waals surface area contributed by atoms with Gasteiger partial charge < -0.3 is 10.6 Å². The van der Waals surface area contributed by atoms with Gasteiger partial charge in [0.15, 0.2) is 0 Å². The van der Waals surface area contributed by atoms with Gasteiger partial charge >= 0.3 is 0 Å². The van der Waals surface area contributed by atoms with Crippen molar-refractivity contribution < 1.29 is 9.59 Å². The zero-order valence-electron chi connectivity index (χ0n) is 11.8. The van der Waals surface area contributed by atoms with E-state index in [1.807, 2.05) is 32.9 Å². The first-order valence-electron chi connectivity index (χ1n) is 6.22.